The van der Waals surface area contributed by atoms with E-state index in [2.05, 4.69) is 5.32 Å². The van der Waals surface area contributed by atoms with Crippen LogP contribution in [0.25, 0.3) is 0 Å². The molecule has 3 atom stereocenters. The summed E-state index contributed by atoms with van der Waals surface area (Å²) in [5.74, 6) is 0.124. The average molecular weight is 361 g/mol. The first kappa shape index (κ1) is 18.6. The number of rotatable bonds is 7. The third-order valence-electron chi connectivity index (χ3n) is 5.48. The molecule has 0 aromatic carbocycles. The Hall–Kier alpha value is -2.15. The van der Waals surface area contributed by atoms with Gasteiger partial charge in [-0.25, -0.2) is 0 Å². The molecule has 7 nitrogen and oxygen atoms in total. The quantitative estimate of drug-likeness (QED) is 0.746. The molecule has 0 spiro atoms. The molecule has 0 bridgehead atoms. The lowest BCUT2D eigenvalue weighted by Gasteiger charge is -2.23. The van der Waals surface area contributed by atoms with Crippen LogP contribution in [0.15, 0.2) is 22.8 Å². The summed E-state index contributed by atoms with van der Waals surface area (Å²) >= 11 is 0. The molecule has 0 radical (unpaired) electrons. The zero-order chi connectivity index (χ0) is 18.7. The molecule has 2 heterocycles. The number of nitrogens with one attached hydrogen (secondary N) is 1. The standard InChI is InChI=1S/C19H27N3O4/c1-21(2)15(16-8-5-11-26-16)12-20-17(23)9-10-22-18(24)13-6-3-4-7-14(13)19(22)25/h5,8,11,13-15H,3-4,6-7,9-10,12H2,1-2H3,(H,20,23)/t13-,14-,15+/m0/s1. The van der Waals surface area contributed by atoms with Gasteiger partial charge in [0.05, 0.1) is 24.1 Å². The van der Waals surface area contributed by atoms with Crippen molar-refractivity contribution in [3.63, 3.8) is 0 Å². The molecule has 1 saturated heterocycles. The van der Waals surface area contributed by atoms with E-state index in [1.54, 1.807) is 6.26 Å². The van der Waals surface area contributed by atoms with Crippen molar-refractivity contribution in [2.75, 3.05) is 27.2 Å². The van der Waals surface area contributed by atoms with E-state index in [0.717, 1.165) is 31.4 Å². The minimum absolute atomic E-state index is 0.0631. The second kappa shape index (κ2) is 8.03. The molecule has 3 amide bonds. The van der Waals surface area contributed by atoms with Crippen molar-refractivity contribution in [1.29, 1.82) is 0 Å². The fourth-order valence-corrected chi connectivity index (χ4v) is 3.98. The van der Waals surface area contributed by atoms with E-state index in [1.165, 1.54) is 4.90 Å². The molecule has 1 aliphatic carbocycles. The van der Waals surface area contributed by atoms with Gasteiger partial charge in [0.1, 0.15) is 5.76 Å². The van der Waals surface area contributed by atoms with Crippen molar-refractivity contribution >= 4 is 17.7 Å². The van der Waals surface area contributed by atoms with Gasteiger partial charge in [0, 0.05) is 19.5 Å². The van der Waals surface area contributed by atoms with E-state index in [4.69, 9.17) is 4.42 Å². The van der Waals surface area contributed by atoms with Gasteiger partial charge in [-0.1, -0.05) is 12.8 Å². The van der Waals surface area contributed by atoms with Gasteiger partial charge < -0.3 is 9.73 Å². The Kier molecular flexibility index (Phi) is 5.76. The van der Waals surface area contributed by atoms with Crippen LogP contribution in [0.1, 0.15) is 43.9 Å². The average Bonchev–Trinajstić information content (AvgIpc) is 3.22. The fraction of sp³-hybridized carbons (Fsp3) is 0.632. The minimum Gasteiger partial charge on any atom is -0.468 e. The molecule has 2 aliphatic rings. The molecule has 1 aromatic rings. The van der Waals surface area contributed by atoms with Crippen LogP contribution in [0.3, 0.4) is 0 Å². The Morgan fingerprint density at radius 3 is 2.46 bits per heavy atom. The van der Waals surface area contributed by atoms with Gasteiger partial charge in [-0.05, 0) is 39.1 Å². The number of amides is 3. The Balaban J connectivity index is 1.49. The number of hydrogen-bond acceptors (Lipinski definition) is 5. The van der Waals surface area contributed by atoms with E-state index in [-0.39, 0.29) is 48.6 Å². The second-order valence-electron chi connectivity index (χ2n) is 7.37. The van der Waals surface area contributed by atoms with Crippen molar-refractivity contribution in [2.45, 2.75) is 38.1 Å². The van der Waals surface area contributed by atoms with Gasteiger partial charge in [-0.2, -0.15) is 0 Å². The van der Waals surface area contributed by atoms with Crippen LogP contribution in [0.4, 0.5) is 0 Å². The van der Waals surface area contributed by atoms with Crippen LogP contribution in [0.5, 0.6) is 0 Å². The summed E-state index contributed by atoms with van der Waals surface area (Å²) in [6.45, 7) is 0.580. The molecule has 1 aromatic heterocycles. The highest BCUT2D eigenvalue weighted by atomic mass is 16.3. The normalized spacial score (nSPS) is 24.0. The SMILES string of the molecule is CN(C)[C@H](CNC(=O)CCN1C(=O)[C@H]2CCCC[C@@H]2C1=O)c1ccco1. The highest BCUT2D eigenvalue weighted by molar-refractivity contribution is 6.05. The minimum atomic E-state index is -0.168. The van der Waals surface area contributed by atoms with Crippen LogP contribution in [-0.2, 0) is 14.4 Å². The third-order valence-corrected chi connectivity index (χ3v) is 5.48. The lowest BCUT2D eigenvalue weighted by atomic mass is 9.81. The molecule has 7 heteroatoms. The summed E-state index contributed by atoms with van der Waals surface area (Å²) in [6.07, 6.45) is 5.35. The summed E-state index contributed by atoms with van der Waals surface area (Å²) in [5, 5.41) is 2.88. The molecule has 2 fully saturated rings. The largest absolute Gasteiger partial charge is 0.468 e. The molecular formula is C19H27N3O4. The number of fused-ring (bicyclic) bond motifs is 1. The summed E-state index contributed by atoms with van der Waals surface area (Å²) in [7, 11) is 3.84. The van der Waals surface area contributed by atoms with Crippen LogP contribution >= 0.6 is 0 Å². The first-order valence-electron chi connectivity index (χ1n) is 9.30. The second-order valence-corrected chi connectivity index (χ2v) is 7.37. The fourth-order valence-electron chi connectivity index (χ4n) is 3.98. The van der Waals surface area contributed by atoms with Crippen molar-refractivity contribution in [3.8, 4) is 0 Å². The Labute approximate surface area is 153 Å². The van der Waals surface area contributed by atoms with Crippen LogP contribution < -0.4 is 5.32 Å². The van der Waals surface area contributed by atoms with Crippen LogP contribution in [-0.4, -0.2) is 54.7 Å². The topological polar surface area (TPSA) is 82.9 Å². The Morgan fingerprint density at radius 1 is 1.27 bits per heavy atom. The first-order chi connectivity index (χ1) is 12.5. The summed E-state index contributed by atoms with van der Waals surface area (Å²) in [5.41, 5.74) is 0. The highest BCUT2D eigenvalue weighted by Gasteiger charge is 2.47. The highest BCUT2D eigenvalue weighted by Crippen LogP contribution is 2.37. The van der Waals surface area contributed by atoms with E-state index in [1.807, 2.05) is 31.1 Å². The smallest absolute Gasteiger partial charge is 0.233 e. The molecule has 142 valence electrons. The molecule has 1 saturated carbocycles. The molecule has 1 N–H and O–H groups in total. The van der Waals surface area contributed by atoms with Crippen LogP contribution in [0.2, 0.25) is 0 Å². The van der Waals surface area contributed by atoms with Crippen molar-refractivity contribution in [1.82, 2.24) is 15.1 Å². The maximum atomic E-state index is 12.4. The third kappa shape index (κ3) is 3.82. The number of likely N-dealkylation sites (tertiary alicyclic amines) is 1. The predicted molar refractivity (Wildman–Crippen MR) is 94.9 cm³/mol. The molecule has 0 unspecified atom stereocenters. The van der Waals surface area contributed by atoms with E-state index < -0.39 is 0 Å². The summed E-state index contributed by atoms with van der Waals surface area (Å²) in [4.78, 5) is 40.3. The monoisotopic (exact) mass is 361 g/mol. The van der Waals surface area contributed by atoms with Crippen molar-refractivity contribution in [2.24, 2.45) is 11.8 Å². The van der Waals surface area contributed by atoms with Crippen molar-refractivity contribution < 1.29 is 18.8 Å². The zero-order valence-electron chi connectivity index (χ0n) is 15.4. The number of hydrogen-bond donors (Lipinski definition) is 1. The summed E-state index contributed by atoms with van der Waals surface area (Å²) < 4.78 is 5.42. The number of carbonyl (C=O) groups excluding carboxylic acids is 3. The zero-order valence-corrected chi connectivity index (χ0v) is 15.4. The molecule has 1 aliphatic heterocycles. The predicted octanol–water partition coefficient (Wildman–Crippen LogP) is 1.56. The van der Waals surface area contributed by atoms with Crippen LogP contribution in [0, 0.1) is 11.8 Å². The van der Waals surface area contributed by atoms with E-state index in [0.29, 0.717) is 6.54 Å². The lowest BCUT2D eigenvalue weighted by Crippen LogP contribution is -2.38. The molecular weight excluding hydrogens is 334 g/mol. The van der Waals surface area contributed by atoms with Crippen molar-refractivity contribution in [3.05, 3.63) is 24.2 Å². The number of furan rings is 1. The Morgan fingerprint density at radius 2 is 1.92 bits per heavy atom. The van der Waals surface area contributed by atoms with E-state index in [9.17, 15) is 14.4 Å². The molecule has 26 heavy (non-hydrogen) atoms. The number of likely N-dealkylation sites (N-methyl/N-ethyl adjacent to an activating group) is 1. The number of nitrogens with zero attached hydrogens (tertiary/aromatic N) is 2. The van der Waals surface area contributed by atoms with Gasteiger partial charge in [-0.3, -0.25) is 24.2 Å². The van der Waals surface area contributed by atoms with Gasteiger partial charge >= 0.3 is 0 Å². The maximum Gasteiger partial charge on any atom is 0.233 e. The summed E-state index contributed by atoms with van der Waals surface area (Å²) in [6, 6.07) is 3.63. The lowest BCUT2D eigenvalue weighted by molar-refractivity contribution is -0.140. The number of imide groups is 1. The van der Waals surface area contributed by atoms with Gasteiger partial charge in [0.25, 0.3) is 0 Å². The maximum absolute atomic E-state index is 12.4. The first-order valence-corrected chi connectivity index (χ1v) is 9.30. The number of carbonyl (C=O) groups is 3. The molecule has 3 rings (SSSR count). The van der Waals surface area contributed by atoms with Gasteiger partial charge in [0.2, 0.25) is 17.7 Å². The van der Waals surface area contributed by atoms with Gasteiger partial charge in [0.15, 0.2) is 0 Å². The van der Waals surface area contributed by atoms with Gasteiger partial charge in [-0.15, -0.1) is 0 Å². The Bertz CT molecular complexity index is 632. The van der Waals surface area contributed by atoms with E-state index >= 15 is 0 Å².